The van der Waals surface area contributed by atoms with Crippen molar-refractivity contribution in [2.75, 3.05) is 0 Å². The largest absolute Gasteiger partial charge is 0.489 e. The smallest absolute Gasteiger partial charge is 0.137 e. The summed E-state index contributed by atoms with van der Waals surface area (Å²) in [6.07, 6.45) is 0. The lowest BCUT2D eigenvalue weighted by atomic mass is 10.2. The van der Waals surface area contributed by atoms with Crippen LogP contribution in [-0.4, -0.2) is 5.84 Å². The van der Waals surface area contributed by atoms with Crippen molar-refractivity contribution in [3.63, 3.8) is 0 Å². The summed E-state index contributed by atoms with van der Waals surface area (Å²) in [7, 11) is 0. The fraction of sp³-hybridized carbons (Fsp3) is 0.0714. The van der Waals surface area contributed by atoms with Crippen LogP contribution >= 0.6 is 15.9 Å². The third-order valence-electron chi connectivity index (χ3n) is 2.59. The van der Waals surface area contributed by atoms with E-state index in [1.807, 2.05) is 0 Å². The van der Waals surface area contributed by atoms with Gasteiger partial charge in [-0.15, -0.1) is 0 Å². The Hall–Kier alpha value is -1.88. The van der Waals surface area contributed by atoms with Crippen molar-refractivity contribution in [1.29, 1.82) is 5.41 Å². The second-order valence-electron chi connectivity index (χ2n) is 3.94. The number of nitrogen functional groups attached to an aromatic ring is 1. The quantitative estimate of drug-likeness (QED) is 0.669. The predicted octanol–water partition coefficient (Wildman–Crippen LogP) is 3.45. The van der Waals surface area contributed by atoms with Crippen molar-refractivity contribution in [2.24, 2.45) is 5.73 Å². The zero-order chi connectivity index (χ0) is 13.8. The Labute approximate surface area is 118 Å². The predicted molar refractivity (Wildman–Crippen MR) is 75.9 cm³/mol. The molecule has 2 aromatic rings. The van der Waals surface area contributed by atoms with E-state index in [4.69, 9.17) is 15.9 Å². The van der Waals surface area contributed by atoms with Gasteiger partial charge in [-0.25, -0.2) is 4.39 Å². The average molecular weight is 323 g/mol. The van der Waals surface area contributed by atoms with E-state index >= 15 is 0 Å². The molecule has 2 rings (SSSR count). The van der Waals surface area contributed by atoms with Crippen LogP contribution in [0.2, 0.25) is 0 Å². The molecule has 98 valence electrons. The van der Waals surface area contributed by atoms with Crippen molar-refractivity contribution in [1.82, 2.24) is 0 Å². The van der Waals surface area contributed by atoms with Gasteiger partial charge in [0, 0.05) is 11.1 Å². The Balaban J connectivity index is 2.06. The molecule has 0 heterocycles. The fourth-order valence-electron chi connectivity index (χ4n) is 1.55. The summed E-state index contributed by atoms with van der Waals surface area (Å²) in [6, 6.07) is 11.7. The maximum atomic E-state index is 13.3. The summed E-state index contributed by atoms with van der Waals surface area (Å²) in [6.45, 7) is 0.262. The van der Waals surface area contributed by atoms with E-state index in [9.17, 15) is 4.39 Å². The van der Waals surface area contributed by atoms with Gasteiger partial charge in [0.15, 0.2) is 0 Å². The monoisotopic (exact) mass is 322 g/mol. The van der Waals surface area contributed by atoms with Crippen LogP contribution in [0.15, 0.2) is 46.9 Å². The van der Waals surface area contributed by atoms with Gasteiger partial charge in [-0.05, 0) is 46.3 Å². The maximum Gasteiger partial charge on any atom is 0.137 e. The summed E-state index contributed by atoms with van der Waals surface area (Å²) in [5.41, 5.74) is 6.73. The van der Waals surface area contributed by atoms with E-state index < -0.39 is 0 Å². The SMILES string of the molecule is N=C(N)c1ccc(OCc2cccc(F)c2Br)cc1. The van der Waals surface area contributed by atoms with E-state index in [0.29, 0.717) is 15.8 Å². The number of ether oxygens (including phenoxy) is 1. The van der Waals surface area contributed by atoms with Crippen molar-refractivity contribution in [2.45, 2.75) is 6.61 Å². The van der Waals surface area contributed by atoms with Crippen LogP contribution in [0.25, 0.3) is 0 Å². The van der Waals surface area contributed by atoms with Crippen molar-refractivity contribution in [3.8, 4) is 5.75 Å². The molecule has 3 nitrogen and oxygen atoms in total. The highest BCUT2D eigenvalue weighted by Crippen LogP contribution is 2.22. The van der Waals surface area contributed by atoms with Gasteiger partial charge in [0.05, 0.1) is 4.47 Å². The molecule has 2 aromatic carbocycles. The van der Waals surface area contributed by atoms with Gasteiger partial charge < -0.3 is 10.5 Å². The van der Waals surface area contributed by atoms with Crippen LogP contribution in [0.4, 0.5) is 4.39 Å². The molecule has 3 N–H and O–H groups in total. The molecule has 0 saturated heterocycles. The highest BCUT2D eigenvalue weighted by molar-refractivity contribution is 9.10. The number of hydrogen-bond acceptors (Lipinski definition) is 2. The van der Waals surface area contributed by atoms with Gasteiger partial charge in [-0.3, -0.25) is 5.41 Å². The van der Waals surface area contributed by atoms with Crippen LogP contribution in [0.5, 0.6) is 5.75 Å². The minimum Gasteiger partial charge on any atom is -0.489 e. The van der Waals surface area contributed by atoms with Gasteiger partial charge in [0.25, 0.3) is 0 Å². The molecule has 0 unspecified atom stereocenters. The summed E-state index contributed by atoms with van der Waals surface area (Å²) in [5, 5.41) is 7.28. The molecule has 0 fully saturated rings. The Morgan fingerprint density at radius 3 is 2.53 bits per heavy atom. The molecule has 0 saturated carbocycles. The first-order chi connectivity index (χ1) is 9.08. The number of benzene rings is 2. The molecule has 0 aliphatic rings. The molecule has 0 aliphatic heterocycles. The third kappa shape index (κ3) is 3.32. The van der Waals surface area contributed by atoms with Crippen molar-refractivity contribution >= 4 is 21.8 Å². The molecule has 0 bridgehead atoms. The third-order valence-corrected chi connectivity index (χ3v) is 3.48. The number of halogens is 2. The Morgan fingerprint density at radius 2 is 1.89 bits per heavy atom. The van der Waals surface area contributed by atoms with E-state index in [2.05, 4.69) is 15.9 Å². The summed E-state index contributed by atoms with van der Waals surface area (Å²) in [5.74, 6) is 0.341. The van der Waals surface area contributed by atoms with Gasteiger partial charge in [0.1, 0.15) is 24.0 Å². The molecular weight excluding hydrogens is 311 g/mol. The van der Waals surface area contributed by atoms with E-state index in [1.54, 1.807) is 36.4 Å². The zero-order valence-electron chi connectivity index (χ0n) is 9.99. The lowest BCUT2D eigenvalue weighted by Crippen LogP contribution is -2.10. The van der Waals surface area contributed by atoms with Gasteiger partial charge in [-0.1, -0.05) is 12.1 Å². The molecule has 0 atom stereocenters. The topological polar surface area (TPSA) is 59.1 Å². The molecular formula is C14H12BrFN2O. The highest BCUT2D eigenvalue weighted by Gasteiger charge is 2.06. The highest BCUT2D eigenvalue weighted by atomic mass is 79.9. The summed E-state index contributed by atoms with van der Waals surface area (Å²) >= 11 is 3.18. The first-order valence-electron chi connectivity index (χ1n) is 5.58. The minimum absolute atomic E-state index is 0.0134. The summed E-state index contributed by atoms with van der Waals surface area (Å²) < 4.78 is 19.3. The van der Waals surface area contributed by atoms with Crippen LogP contribution < -0.4 is 10.5 Å². The van der Waals surface area contributed by atoms with Gasteiger partial charge >= 0.3 is 0 Å². The molecule has 0 aliphatic carbocycles. The van der Waals surface area contributed by atoms with E-state index in [-0.39, 0.29) is 18.3 Å². The minimum atomic E-state index is -0.312. The average Bonchev–Trinajstić information content (AvgIpc) is 2.41. The number of nitrogens with one attached hydrogen (secondary N) is 1. The van der Waals surface area contributed by atoms with Crippen LogP contribution in [0, 0.1) is 11.2 Å². The molecule has 5 heteroatoms. The lowest BCUT2D eigenvalue weighted by molar-refractivity contribution is 0.304. The molecule has 0 spiro atoms. The lowest BCUT2D eigenvalue weighted by Gasteiger charge is -2.09. The van der Waals surface area contributed by atoms with E-state index in [0.717, 1.165) is 5.56 Å². The summed E-state index contributed by atoms with van der Waals surface area (Å²) in [4.78, 5) is 0. The first kappa shape index (κ1) is 13.5. The zero-order valence-corrected chi connectivity index (χ0v) is 11.6. The van der Waals surface area contributed by atoms with Crippen molar-refractivity contribution < 1.29 is 9.13 Å². The van der Waals surface area contributed by atoms with Crippen molar-refractivity contribution in [3.05, 3.63) is 63.9 Å². The Bertz CT molecular complexity index is 599. The van der Waals surface area contributed by atoms with Crippen LogP contribution in [0.1, 0.15) is 11.1 Å². The standard InChI is InChI=1S/C14H12BrFN2O/c15-13-10(2-1-3-12(13)16)8-19-11-6-4-9(5-7-11)14(17)18/h1-7H,8H2,(H3,17,18). The van der Waals surface area contributed by atoms with Gasteiger partial charge in [0.2, 0.25) is 0 Å². The number of nitrogens with two attached hydrogens (primary N) is 1. The Kier molecular flexibility index (Phi) is 4.16. The number of amidine groups is 1. The first-order valence-corrected chi connectivity index (χ1v) is 6.37. The Morgan fingerprint density at radius 1 is 1.21 bits per heavy atom. The fourth-order valence-corrected chi connectivity index (χ4v) is 1.93. The van der Waals surface area contributed by atoms with Crippen LogP contribution in [0.3, 0.4) is 0 Å². The van der Waals surface area contributed by atoms with Crippen LogP contribution in [-0.2, 0) is 6.61 Å². The molecule has 0 radical (unpaired) electrons. The molecule has 19 heavy (non-hydrogen) atoms. The normalized spacial score (nSPS) is 10.2. The van der Waals surface area contributed by atoms with Gasteiger partial charge in [-0.2, -0.15) is 0 Å². The number of hydrogen-bond donors (Lipinski definition) is 2. The molecule has 0 amide bonds. The maximum absolute atomic E-state index is 13.3. The number of rotatable bonds is 4. The second kappa shape index (κ2) is 5.84. The van der Waals surface area contributed by atoms with E-state index in [1.165, 1.54) is 6.07 Å². The second-order valence-corrected chi connectivity index (χ2v) is 4.73. The molecule has 0 aromatic heterocycles.